The first kappa shape index (κ1) is 19.8. The van der Waals surface area contributed by atoms with E-state index in [1.165, 1.54) is 30.0 Å². The second-order valence-electron chi connectivity index (χ2n) is 6.31. The van der Waals surface area contributed by atoms with E-state index >= 15 is 0 Å². The zero-order valence-corrected chi connectivity index (χ0v) is 15.4. The highest BCUT2D eigenvalue weighted by Gasteiger charge is 2.30. The van der Waals surface area contributed by atoms with Gasteiger partial charge in [-0.3, -0.25) is 0 Å². The normalized spacial score (nSPS) is 13.3. The molecule has 0 aliphatic carbocycles. The molecule has 0 amide bonds. The van der Waals surface area contributed by atoms with E-state index in [1.54, 1.807) is 12.3 Å². The molecule has 0 bridgehead atoms. The van der Waals surface area contributed by atoms with Crippen LogP contribution in [0.1, 0.15) is 34.6 Å². The average Bonchev–Trinajstić information content (AvgIpc) is 3.05. The van der Waals surface area contributed by atoms with E-state index in [1.807, 2.05) is 6.26 Å². The molecule has 2 aromatic carbocycles. The van der Waals surface area contributed by atoms with Gasteiger partial charge in [0.2, 0.25) is 0 Å². The van der Waals surface area contributed by atoms with Gasteiger partial charge in [-0.05, 0) is 48.1 Å². The lowest BCUT2D eigenvalue weighted by Crippen LogP contribution is -2.07. The van der Waals surface area contributed by atoms with E-state index in [0.717, 1.165) is 23.1 Å². The minimum atomic E-state index is -4.39. The molecule has 2 N–H and O–H groups in total. The summed E-state index contributed by atoms with van der Waals surface area (Å²) in [6.45, 7) is -0.114. The van der Waals surface area contributed by atoms with Crippen molar-refractivity contribution < 1.29 is 22.7 Å². The van der Waals surface area contributed by atoms with Gasteiger partial charge in [0, 0.05) is 35.4 Å². The topological polar surface area (TPSA) is 36.0 Å². The third-order valence-electron chi connectivity index (χ3n) is 4.66. The van der Waals surface area contributed by atoms with Crippen LogP contribution in [0.5, 0.6) is 0 Å². The van der Waals surface area contributed by atoms with Gasteiger partial charge in [-0.2, -0.15) is 24.9 Å². The van der Waals surface area contributed by atoms with E-state index in [-0.39, 0.29) is 18.3 Å². The Morgan fingerprint density at radius 2 is 1.81 bits per heavy atom. The summed E-state index contributed by atoms with van der Waals surface area (Å²) < 4.78 is 52.6. The van der Waals surface area contributed by atoms with Crippen LogP contribution in [0.25, 0.3) is 10.9 Å². The van der Waals surface area contributed by atoms with Gasteiger partial charge in [0.1, 0.15) is 5.82 Å². The van der Waals surface area contributed by atoms with E-state index in [0.29, 0.717) is 28.8 Å². The molecule has 2 nitrogen and oxygen atoms in total. The molecule has 1 unspecified atom stereocenters. The highest BCUT2D eigenvalue weighted by atomic mass is 32.2. The quantitative estimate of drug-likeness (QED) is 0.523. The van der Waals surface area contributed by atoms with Gasteiger partial charge in [-0.1, -0.05) is 12.1 Å². The third-order valence-corrected chi connectivity index (χ3v) is 5.24. The Balaban J connectivity index is 2.06. The molecule has 1 aromatic heterocycles. The number of nitrogens with one attached hydrogen (secondary N) is 1. The molecule has 3 aromatic rings. The largest absolute Gasteiger partial charge is 0.416 e. The van der Waals surface area contributed by atoms with Crippen molar-refractivity contribution in [3.8, 4) is 0 Å². The van der Waals surface area contributed by atoms with Gasteiger partial charge in [0.15, 0.2) is 0 Å². The lowest BCUT2D eigenvalue weighted by atomic mass is 9.88. The number of fused-ring (bicyclic) bond motifs is 1. The Bertz CT molecular complexity index is 918. The Kier molecular flexibility index (Phi) is 5.81. The molecule has 1 heterocycles. The number of rotatable bonds is 6. The Labute approximate surface area is 158 Å². The average molecular weight is 397 g/mol. The van der Waals surface area contributed by atoms with Crippen LogP contribution < -0.4 is 0 Å². The smallest absolute Gasteiger partial charge is 0.396 e. The second kappa shape index (κ2) is 7.94. The lowest BCUT2D eigenvalue weighted by Gasteiger charge is -2.17. The summed E-state index contributed by atoms with van der Waals surface area (Å²) in [6.07, 6.45) is -0.394. The minimum Gasteiger partial charge on any atom is -0.396 e. The number of H-pyrrole nitrogens is 1. The number of aromatic amines is 1. The van der Waals surface area contributed by atoms with Crippen molar-refractivity contribution in [3.63, 3.8) is 0 Å². The van der Waals surface area contributed by atoms with Crippen LogP contribution in [0.2, 0.25) is 0 Å². The van der Waals surface area contributed by atoms with Crippen molar-refractivity contribution in [1.29, 1.82) is 0 Å². The Hall–Kier alpha value is -1.99. The lowest BCUT2D eigenvalue weighted by molar-refractivity contribution is -0.137. The summed E-state index contributed by atoms with van der Waals surface area (Å²) >= 11 is 1.51. The molecule has 0 spiro atoms. The number of benzene rings is 2. The predicted molar refractivity (Wildman–Crippen MR) is 100 cm³/mol. The first-order chi connectivity index (χ1) is 12.9. The summed E-state index contributed by atoms with van der Waals surface area (Å²) in [6, 6.07) is 8.06. The fraction of sp³-hybridized carbons (Fsp3) is 0.300. The number of hydrogen-bond acceptors (Lipinski definition) is 2. The van der Waals surface area contributed by atoms with Crippen LogP contribution in [0.4, 0.5) is 17.6 Å². The molecule has 0 aliphatic rings. The molecule has 144 valence electrons. The first-order valence-electron chi connectivity index (χ1n) is 8.42. The van der Waals surface area contributed by atoms with Crippen molar-refractivity contribution in [2.45, 2.75) is 24.3 Å². The fourth-order valence-electron chi connectivity index (χ4n) is 3.36. The SMILES string of the molecule is CSCc1c(F)ccc2c(C(CCO)c3ccc(C(F)(F)F)cc3)c[nH]c12. The highest BCUT2D eigenvalue weighted by Crippen LogP contribution is 2.37. The van der Waals surface area contributed by atoms with Crippen molar-refractivity contribution in [2.24, 2.45) is 0 Å². The molecular weight excluding hydrogens is 378 g/mol. The van der Waals surface area contributed by atoms with Crippen LogP contribution in [-0.2, 0) is 11.9 Å². The maximum absolute atomic E-state index is 14.2. The first-order valence-corrected chi connectivity index (χ1v) is 9.81. The maximum atomic E-state index is 14.2. The standard InChI is InChI=1S/C20H19F4NOS/c1-27-11-17-18(21)7-6-15-16(10-25-19(15)17)14(8-9-26)12-2-4-13(5-3-12)20(22,23)24/h2-7,10,14,25-26H,8-9,11H2,1H3. The van der Waals surface area contributed by atoms with Crippen molar-refractivity contribution in [1.82, 2.24) is 4.98 Å². The van der Waals surface area contributed by atoms with Crippen LogP contribution >= 0.6 is 11.8 Å². The monoisotopic (exact) mass is 397 g/mol. The van der Waals surface area contributed by atoms with Gasteiger partial charge in [-0.15, -0.1) is 0 Å². The molecule has 0 saturated heterocycles. The molecule has 3 rings (SSSR count). The van der Waals surface area contributed by atoms with Gasteiger partial charge in [-0.25, -0.2) is 4.39 Å². The van der Waals surface area contributed by atoms with E-state index in [9.17, 15) is 22.7 Å². The molecule has 1 atom stereocenters. The Morgan fingerprint density at radius 1 is 1.11 bits per heavy atom. The molecule has 0 fully saturated rings. The van der Waals surface area contributed by atoms with Crippen molar-refractivity contribution >= 4 is 22.7 Å². The summed E-state index contributed by atoms with van der Waals surface area (Å²) in [5, 5.41) is 10.3. The number of halogens is 4. The number of aliphatic hydroxyl groups excluding tert-OH is 1. The number of hydrogen-bond donors (Lipinski definition) is 2. The van der Waals surface area contributed by atoms with Crippen molar-refractivity contribution in [2.75, 3.05) is 12.9 Å². The summed E-state index contributed by atoms with van der Waals surface area (Å²) in [5.74, 6) is -0.0780. The number of aromatic nitrogens is 1. The Morgan fingerprint density at radius 3 is 2.41 bits per heavy atom. The molecule has 0 radical (unpaired) electrons. The molecular formula is C20H19F4NOS. The number of thioether (sulfide) groups is 1. The molecule has 0 saturated carbocycles. The van der Waals surface area contributed by atoms with E-state index < -0.39 is 11.7 Å². The molecule has 27 heavy (non-hydrogen) atoms. The van der Waals surface area contributed by atoms with E-state index in [4.69, 9.17) is 0 Å². The second-order valence-corrected chi connectivity index (χ2v) is 7.18. The van der Waals surface area contributed by atoms with Gasteiger partial charge < -0.3 is 10.1 Å². The predicted octanol–water partition coefficient (Wildman–Crippen LogP) is 5.70. The summed E-state index contributed by atoms with van der Waals surface area (Å²) in [7, 11) is 0. The van der Waals surface area contributed by atoms with E-state index in [2.05, 4.69) is 4.98 Å². The summed E-state index contributed by atoms with van der Waals surface area (Å²) in [5.41, 5.74) is 2.06. The fourth-order valence-corrected chi connectivity index (χ4v) is 3.94. The maximum Gasteiger partial charge on any atom is 0.416 e. The van der Waals surface area contributed by atoms with Crippen LogP contribution in [-0.4, -0.2) is 23.0 Å². The third kappa shape index (κ3) is 3.99. The zero-order valence-electron chi connectivity index (χ0n) is 14.6. The molecule has 0 aliphatic heterocycles. The zero-order chi connectivity index (χ0) is 19.6. The van der Waals surface area contributed by atoms with Crippen molar-refractivity contribution in [3.05, 3.63) is 70.7 Å². The summed E-state index contributed by atoms with van der Waals surface area (Å²) in [4.78, 5) is 3.11. The molecule has 7 heteroatoms. The van der Waals surface area contributed by atoms with Gasteiger partial charge in [0.25, 0.3) is 0 Å². The van der Waals surface area contributed by atoms with Gasteiger partial charge in [0.05, 0.1) is 11.1 Å². The van der Waals surface area contributed by atoms with Crippen LogP contribution in [0.3, 0.4) is 0 Å². The minimum absolute atomic E-state index is 0.114. The number of aliphatic hydroxyl groups is 1. The van der Waals surface area contributed by atoms with Crippen LogP contribution in [0, 0.1) is 5.82 Å². The number of alkyl halides is 3. The van der Waals surface area contributed by atoms with Crippen LogP contribution in [0.15, 0.2) is 42.6 Å². The highest BCUT2D eigenvalue weighted by molar-refractivity contribution is 7.97. The van der Waals surface area contributed by atoms with Gasteiger partial charge >= 0.3 is 6.18 Å².